The average Bonchev–Trinajstić information content (AvgIpc) is 2.61. The van der Waals surface area contributed by atoms with Gasteiger partial charge in [0.05, 0.1) is 0 Å². The maximum absolute atomic E-state index is 11.8. The summed E-state index contributed by atoms with van der Waals surface area (Å²) in [6.07, 6.45) is 11.6. The summed E-state index contributed by atoms with van der Waals surface area (Å²) in [5.74, 6) is 4.98. The number of carbonyl (C=O) groups is 2. The molecule has 0 aliphatic carbocycles. The zero-order valence-electron chi connectivity index (χ0n) is 15.6. The SMILES string of the molecule is CCCCCCCCCCC#CCOC(=O)CCCC(=O)OCCF. The Morgan fingerprint density at radius 1 is 0.800 bits per heavy atom. The zero-order valence-corrected chi connectivity index (χ0v) is 15.6. The standard InChI is InChI=1S/C20H33FO4/c1-2-3-4-5-6-7-8-9-10-11-12-17-24-19(22)14-13-15-20(23)25-18-16-21/h2-10,13-18H2,1H3. The Labute approximate surface area is 151 Å². The highest BCUT2D eigenvalue weighted by Crippen LogP contribution is 2.09. The van der Waals surface area contributed by atoms with Gasteiger partial charge < -0.3 is 9.47 Å². The largest absolute Gasteiger partial charge is 0.463 e. The molecule has 0 rings (SSSR count). The summed E-state index contributed by atoms with van der Waals surface area (Å²) >= 11 is 0. The van der Waals surface area contributed by atoms with Crippen molar-refractivity contribution in [3.8, 4) is 11.8 Å². The van der Waals surface area contributed by atoms with E-state index in [1.807, 2.05) is 0 Å². The molecule has 0 N–H and O–H groups in total. The molecule has 0 aliphatic heterocycles. The van der Waals surface area contributed by atoms with Gasteiger partial charge in [0.25, 0.3) is 0 Å². The third-order valence-corrected chi connectivity index (χ3v) is 3.69. The zero-order chi connectivity index (χ0) is 18.6. The molecule has 0 aromatic carbocycles. The van der Waals surface area contributed by atoms with Crippen LogP contribution < -0.4 is 0 Å². The Hall–Kier alpha value is -1.57. The summed E-state index contributed by atoms with van der Waals surface area (Å²) in [5, 5.41) is 0. The maximum atomic E-state index is 11.8. The van der Waals surface area contributed by atoms with E-state index in [1.165, 1.54) is 44.9 Å². The van der Waals surface area contributed by atoms with Gasteiger partial charge in [0, 0.05) is 19.3 Å². The average molecular weight is 356 g/mol. The summed E-state index contributed by atoms with van der Waals surface area (Å²) < 4.78 is 21.3. The van der Waals surface area contributed by atoms with Gasteiger partial charge in [-0.25, -0.2) is 4.39 Å². The van der Waals surface area contributed by atoms with Crippen molar-refractivity contribution in [2.24, 2.45) is 0 Å². The molecule has 144 valence electrons. The fourth-order valence-corrected chi connectivity index (χ4v) is 2.28. The molecule has 25 heavy (non-hydrogen) atoms. The minimum absolute atomic E-state index is 0.0965. The van der Waals surface area contributed by atoms with Gasteiger partial charge in [-0.15, -0.1) is 0 Å². The second-order valence-electron chi connectivity index (χ2n) is 6.00. The van der Waals surface area contributed by atoms with Crippen LogP contribution in [-0.4, -0.2) is 31.8 Å². The Kier molecular flexibility index (Phi) is 17.6. The lowest BCUT2D eigenvalue weighted by Gasteiger charge is -2.02. The second-order valence-corrected chi connectivity index (χ2v) is 6.00. The molecule has 0 aromatic heterocycles. The molecule has 0 radical (unpaired) electrons. The van der Waals surface area contributed by atoms with Crippen LogP contribution in [0.3, 0.4) is 0 Å². The van der Waals surface area contributed by atoms with Crippen LogP contribution in [0.4, 0.5) is 4.39 Å². The van der Waals surface area contributed by atoms with E-state index in [0.717, 1.165) is 12.8 Å². The number of carbonyl (C=O) groups excluding carboxylic acids is 2. The first kappa shape index (κ1) is 23.4. The van der Waals surface area contributed by atoms with Crippen LogP contribution in [-0.2, 0) is 19.1 Å². The number of alkyl halides is 1. The van der Waals surface area contributed by atoms with Crippen molar-refractivity contribution in [3.63, 3.8) is 0 Å². The van der Waals surface area contributed by atoms with E-state index in [9.17, 15) is 14.0 Å². The van der Waals surface area contributed by atoms with Gasteiger partial charge in [0.1, 0.15) is 13.3 Å². The molecule has 0 unspecified atom stereocenters. The summed E-state index contributed by atoms with van der Waals surface area (Å²) in [6.45, 7) is 1.41. The smallest absolute Gasteiger partial charge is 0.306 e. The van der Waals surface area contributed by atoms with Crippen molar-refractivity contribution in [2.75, 3.05) is 19.9 Å². The molecule has 0 atom stereocenters. The molecular formula is C20H33FO4. The molecule has 0 spiro atoms. The highest BCUT2D eigenvalue weighted by Gasteiger charge is 2.06. The number of esters is 2. The molecule has 0 amide bonds. The van der Waals surface area contributed by atoms with Gasteiger partial charge in [0.15, 0.2) is 6.61 Å². The van der Waals surface area contributed by atoms with Crippen LogP contribution in [0.1, 0.15) is 84.0 Å². The Bertz CT molecular complexity index is 398. The number of halogens is 1. The van der Waals surface area contributed by atoms with Crippen molar-refractivity contribution >= 4 is 11.9 Å². The van der Waals surface area contributed by atoms with Crippen LogP contribution >= 0.6 is 0 Å². The Morgan fingerprint density at radius 3 is 2.04 bits per heavy atom. The lowest BCUT2D eigenvalue weighted by molar-refractivity contribution is -0.145. The highest BCUT2D eigenvalue weighted by molar-refractivity contribution is 5.72. The third kappa shape index (κ3) is 18.6. The lowest BCUT2D eigenvalue weighted by atomic mass is 10.1. The van der Waals surface area contributed by atoms with Crippen molar-refractivity contribution in [1.82, 2.24) is 0 Å². The van der Waals surface area contributed by atoms with E-state index < -0.39 is 12.6 Å². The summed E-state index contributed by atoms with van der Waals surface area (Å²) in [5.41, 5.74) is 0. The van der Waals surface area contributed by atoms with Gasteiger partial charge in [-0.2, -0.15) is 0 Å². The van der Waals surface area contributed by atoms with Gasteiger partial charge >= 0.3 is 11.9 Å². The van der Waals surface area contributed by atoms with Gasteiger partial charge in [-0.3, -0.25) is 9.59 Å². The number of hydrogen-bond acceptors (Lipinski definition) is 4. The van der Waals surface area contributed by atoms with Crippen LogP contribution in [0.2, 0.25) is 0 Å². The molecule has 0 fully saturated rings. The predicted octanol–water partition coefficient (Wildman–Crippen LogP) is 4.75. The number of unbranched alkanes of at least 4 members (excludes halogenated alkanes) is 8. The highest BCUT2D eigenvalue weighted by atomic mass is 19.1. The molecule has 0 bridgehead atoms. The van der Waals surface area contributed by atoms with E-state index in [-0.39, 0.29) is 32.0 Å². The summed E-state index contributed by atoms with van der Waals surface area (Å²) in [4.78, 5) is 22.5. The summed E-state index contributed by atoms with van der Waals surface area (Å²) in [6, 6.07) is 0. The molecule has 0 saturated carbocycles. The quantitative estimate of drug-likeness (QED) is 0.241. The first-order chi connectivity index (χ1) is 12.2. The third-order valence-electron chi connectivity index (χ3n) is 3.69. The predicted molar refractivity (Wildman–Crippen MR) is 96.7 cm³/mol. The van der Waals surface area contributed by atoms with Crippen molar-refractivity contribution in [2.45, 2.75) is 84.0 Å². The van der Waals surface area contributed by atoms with Crippen LogP contribution in [0.25, 0.3) is 0 Å². The van der Waals surface area contributed by atoms with Crippen LogP contribution in [0.5, 0.6) is 0 Å². The van der Waals surface area contributed by atoms with Crippen LogP contribution in [0, 0.1) is 11.8 Å². The minimum Gasteiger partial charge on any atom is -0.463 e. The molecule has 0 aromatic rings. The Morgan fingerprint density at radius 2 is 1.40 bits per heavy atom. The van der Waals surface area contributed by atoms with Crippen molar-refractivity contribution < 1.29 is 23.5 Å². The van der Waals surface area contributed by atoms with E-state index in [2.05, 4.69) is 23.5 Å². The normalized spacial score (nSPS) is 10.0. The fraction of sp³-hybridized carbons (Fsp3) is 0.800. The molecule has 5 heteroatoms. The number of hydrogen-bond donors (Lipinski definition) is 0. The van der Waals surface area contributed by atoms with E-state index >= 15 is 0 Å². The van der Waals surface area contributed by atoms with Crippen molar-refractivity contribution in [1.29, 1.82) is 0 Å². The van der Waals surface area contributed by atoms with E-state index in [4.69, 9.17) is 4.74 Å². The topological polar surface area (TPSA) is 52.6 Å². The number of rotatable bonds is 15. The van der Waals surface area contributed by atoms with E-state index in [0.29, 0.717) is 6.42 Å². The lowest BCUT2D eigenvalue weighted by Crippen LogP contribution is -2.09. The molecular weight excluding hydrogens is 323 g/mol. The summed E-state index contributed by atoms with van der Waals surface area (Å²) in [7, 11) is 0. The second kappa shape index (κ2) is 18.8. The monoisotopic (exact) mass is 356 g/mol. The molecule has 0 heterocycles. The van der Waals surface area contributed by atoms with E-state index in [1.54, 1.807) is 0 Å². The first-order valence-electron chi connectivity index (χ1n) is 9.53. The first-order valence-corrected chi connectivity index (χ1v) is 9.53. The van der Waals surface area contributed by atoms with Gasteiger partial charge in [-0.1, -0.05) is 63.7 Å². The molecule has 0 aliphatic rings. The molecule has 0 saturated heterocycles. The maximum Gasteiger partial charge on any atom is 0.306 e. The number of ether oxygens (including phenoxy) is 2. The minimum atomic E-state index is -0.689. The van der Waals surface area contributed by atoms with Gasteiger partial charge in [0.2, 0.25) is 0 Å². The van der Waals surface area contributed by atoms with Crippen LogP contribution in [0.15, 0.2) is 0 Å². The fourth-order valence-electron chi connectivity index (χ4n) is 2.28. The van der Waals surface area contributed by atoms with Crippen molar-refractivity contribution in [3.05, 3.63) is 0 Å². The molecule has 4 nitrogen and oxygen atoms in total. The Balaban J connectivity index is 3.39. The van der Waals surface area contributed by atoms with Gasteiger partial charge in [-0.05, 0) is 12.8 Å².